The maximum atomic E-state index is 15.1. The predicted molar refractivity (Wildman–Crippen MR) is 153 cm³/mol. The van der Waals surface area contributed by atoms with Crippen LogP contribution in [0.2, 0.25) is 0 Å². The number of carbonyl (C=O) groups is 4. The molecule has 4 amide bonds. The van der Waals surface area contributed by atoms with E-state index < -0.39 is 110 Å². The number of rotatable bonds is 3. The van der Waals surface area contributed by atoms with Gasteiger partial charge in [-0.15, -0.1) is 23.2 Å². The molecule has 3 aliphatic carbocycles. The van der Waals surface area contributed by atoms with E-state index in [9.17, 15) is 41.8 Å². The summed E-state index contributed by atoms with van der Waals surface area (Å²) in [5, 5.41) is 9.89. The Morgan fingerprint density at radius 2 is 1.40 bits per heavy atom. The fraction of sp³-hybridized carbons (Fsp3) is 0.438. The van der Waals surface area contributed by atoms with Crippen molar-refractivity contribution in [2.45, 2.75) is 66.7 Å². The number of imide groups is 2. The quantitative estimate of drug-likeness (QED) is 0.104. The van der Waals surface area contributed by atoms with Crippen molar-refractivity contribution >= 4 is 52.5 Å². The van der Waals surface area contributed by atoms with Crippen LogP contribution in [0.4, 0.5) is 32.0 Å². The lowest BCUT2D eigenvalue weighted by molar-refractivity contribution is -0.143. The van der Waals surface area contributed by atoms with Crippen molar-refractivity contribution in [2.24, 2.45) is 17.8 Å². The van der Waals surface area contributed by atoms with Crippen LogP contribution in [-0.2, 0) is 19.2 Å². The van der Waals surface area contributed by atoms with Crippen LogP contribution in [-0.4, -0.2) is 49.4 Å². The zero-order valence-electron chi connectivity index (χ0n) is 24.1. The summed E-state index contributed by atoms with van der Waals surface area (Å²) in [4.78, 5) is 51.6. The molecule has 47 heavy (non-hydrogen) atoms. The minimum atomic E-state index is -2.76. The van der Waals surface area contributed by atoms with Gasteiger partial charge in [-0.1, -0.05) is 37.0 Å². The number of anilines is 1. The summed E-state index contributed by atoms with van der Waals surface area (Å²) >= 11 is 14.0. The van der Waals surface area contributed by atoms with Gasteiger partial charge in [-0.2, -0.15) is 0 Å². The molecule has 0 spiro atoms. The fourth-order valence-electron chi connectivity index (χ4n) is 8.37. The van der Waals surface area contributed by atoms with Gasteiger partial charge in [0.25, 0.3) is 11.8 Å². The summed E-state index contributed by atoms with van der Waals surface area (Å²) in [6, 6.07) is 2.54. The average molecular weight is 701 g/mol. The highest BCUT2D eigenvalue weighted by atomic mass is 35.5. The van der Waals surface area contributed by atoms with Crippen molar-refractivity contribution in [2.75, 3.05) is 4.90 Å². The second-order valence-corrected chi connectivity index (χ2v) is 14.0. The summed E-state index contributed by atoms with van der Waals surface area (Å²) in [5.74, 6) is -23.3. The number of alkyl halides is 2. The van der Waals surface area contributed by atoms with Gasteiger partial charge in [-0.25, -0.2) is 31.2 Å². The molecule has 6 unspecified atom stereocenters. The van der Waals surface area contributed by atoms with E-state index in [1.54, 1.807) is 0 Å². The Morgan fingerprint density at radius 1 is 0.787 bits per heavy atom. The number of halogens is 8. The predicted octanol–water partition coefficient (Wildman–Crippen LogP) is 6.12. The second kappa shape index (κ2) is 10.7. The molecule has 1 N–H and O–H groups in total. The highest BCUT2D eigenvalue weighted by molar-refractivity contribution is 6.58. The number of benzene rings is 2. The van der Waals surface area contributed by atoms with E-state index in [1.807, 2.05) is 0 Å². The zero-order valence-corrected chi connectivity index (χ0v) is 25.7. The van der Waals surface area contributed by atoms with Crippen LogP contribution >= 0.6 is 23.2 Å². The summed E-state index contributed by atoms with van der Waals surface area (Å²) in [5.41, 5.74) is -1.84. The summed E-state index contributed by atoms with van der Waals surface area (Å²) in [7, 11) is 0. The molecule has 2 aromatic rings. The monoisotopic (exact) mass is 700 g/mol. The molecule has 5 aliphatic rings. The summed E-state index contributed by atoms with van der Waals surface area (Å²) in [6.07, 6.45) is 4.65. The third-order valence-electron chi connectivity index (χ3n) is 10.5. The lowest BCUT2D eigenvalue weighted by Crippen LogP contribution is -2.60. The van der Waals surface area contributed by atoms with Crippen molar-refractivity contribution in [3.63, 3.8) is 0 Å². The van der Waals surface area contributed by atoms with Crippen molar-refractivity contribution in [3.05, 3.63) is 70.3 Å². The van der Waals surface area contributed by atoms with E-state index in [0.717, 1.165) is 37.5 Å². The molecule has 2 aliphatic heterocycles. The van der Waals surface area contributed by atoms with Gasteiger partial charge in [0.15, 0.2) is 44.6 Å². The Hall–Kier alpha value is -3.58. The van der Waals surface area contributed by atoms with Crippen molar-refractivity contribution in [3.8, 4) is 5.75 Å². The SMILES string of the molecule is O=C1C2CC=C3C(CC4(Cl)C(=O)N(c5c(F)c(F)c(F)c(F)c5F)C(=O)C4(Cl)C3c3ccc(O)c(F)c3)C2C(=O)N1C1CCCCC1. The number of amides is 4. The zero-order chi connectivity index (χ0) is 33.9. The van der Waals surface area contributed by atoms with Crippen molar-refractivity contribution in [1.82, 2.24) is 4.90 Å². The van der Waals surface area contributed by atoms with Gasteiger partial charge in [0, 0.05) is 12.0 Å². The van der Waals surface area contributed by atoms with E-state index >= 15 is 8.78 Å². The third-order valence-corrected chi connectivity index (χ3v) is 11.9. The molecule has 7 nitrogen and oxygen atoms in total. The number of hydrogen-bond acceptors (Lipinski definition) is 5. The number of phenolic OH excluding ortho intramolecular Hbond substituents is 1. The van der Waals surface area contributed by atoms with Gasteiger partial charge >= 0.3 is 0 Å². The van der Waals surface area contributed by atoms with Gasteiger partial charge in [0.2, 0.25) is 17.6 Å². The van der Waals surface area contributed by atoms with Crippen LogP contribution in [0, 0.1) is 52.7 Å². The molecule has 6 atom stereocenters. The molecule has 7 rings (SSSR count). The minimum absolute atomic E-state index is 0.00684. The van der Waals surface area contributed by atoms with Gasteiger partial charge in [0.05, 0.1) is 11.8 Å². The van der Waals surface area contributed by atoms with Crippen molar-refractivity contribution < 1.29 is 50.6 Å². The number of nitrogens with zero attached hydrogens (tertiary/aromatic N) is 2. The van der Waals surface area contributed by atoms with Gasteiger partial charge in [-0.05, 0) is 49.3 Å². The minimum Gasteiger partial charge on any atom is -0.505 e. The Bertz CT molecular complexity index is 1810. The molecule has 15 heteroatoms. The summed E-state index contributed by atoms with van der Waals surface area (Å²) in [6.45, 7) is 0. The van der Waals surface area contributed by atoms with Crippen LogP contribution in [0.3, 0.4) is 0 Å². The number of allylic oxidation sites excluding steroid dienone is 2. The Balaban J connectivity index is 1.42. The molecule has 2 aromatic carbocycles. The normalized spacial score (nSPS) is 32.5. The number of likely N-dealkylation sites (tertiary alicyclic amines) is 1. The van der Waals surface area contributed by atoms with Crippen LogP contribution in [0.15, 0.2) is 29.8 Å². The Labute approximate surface area is 273 Å². The first-order valence-electron chi connectivity index (χ1n) is 15.0. The van der Waals surface area contributed by atoms with E-state index in [2.05, 4.69) is 0 Å². The molecular formula is C32H24Cl2F6N2O5. The molecule has 0 aromatic heterocycles. The molecule has 4 fully saturated rings. The third kappa shape index (κ3) is 4.07. The first-order valence-corrected chi connectivity index (χ1v) is 15.8. The lowest BCUT2D eigenvalue weighted by Gasteiger charge is -2.50. The van der Waals surface area contributed by atoms with Crippen LogP contribution < -0.4 is 4.90 Å². The Kier molecular flexibility index (Phi) is 7.29. The van der Waals surface area contributed by atoms with Gasteiger partial charge < -0.3 is 5.11 Å². The van der Waals surface area contributed by atoms with E-state index in [1.165, 1.54) is 11.0 Å². The fourth-order valence-corrected chi connectivity index (χ4v) is 9.30. The molecule has 0 bridgehead atoms. The molecular weight excluding hydrogens is 677 g/mol. The largest absolute Gasteiger partial charge is 0.505 e. The van der Waals surface area contributed by atoms with E-state index in [-0.39, 0.29) is 28.5 Å². The van der Waals surface area contributed by atoms with Crippen LogP contribution in [0.1, 0.15) is 56.4 Å². The molecule has 2 heterocycles. The van der Waals surface area contributed by atoms with E-state index in [0.29, 0.717) is 12.8 Å². The van der Waals surface area contributed by atoms with Crippen molar-refractivity contribution in [1.29, 1.82) is 0 Å². The standard InChI is InChI=1S/C32H24Cl2F6N2O5/c33-31-11-16-14(7-8-15-19(16)28(45)41(27(15)44)13-4-2-1-3-5-13)20(12-6-9-18(43)17(35)10-12)32(31,34)30(47)42(29(31)46)26-24(39)22(37)21(36)23(38)25(26)40/h6-7,9-10,13,15-16,19-20,43H,1-5,8,11H2. The molecule has 248 valence electrons. The molecule has 2 saturated heterocycles. The number of hydrogen-bond donors (Lipinski definition) is 1. The second-order valence-electron chi connectivity index (χ2n) is 12.7. The highest BCUT2D eigenvalue weighted by Gasteiger charge is 2.77. The van der Waals surface area contributed by atoms with Gasteiger partial charge in [0.1, 0.15) is 5.69 Å². The highest BCUT2D eigenvalue weighted by Crippen LogP contribution is 2.66. The van der Waals surface area contributed by atoms with Crippen LogP contribution in [0.5, 0.6) is 5.75 Å². The molecule has 0 radical (unpaired) electrons. The number of carbonyl (C=O) groups excluding carboxylic acids is 4. The van der Waals surface area contributed by atoms with Crippen LogP contribution in [0.25, 0.3) is 0 Å². The summed E-state index contributed by atoms with van der Waals surface area (Å²) < 4.78 is 87.6. The lowest BCUT2D eigenvalue weighted by atomic mass is 9.56. The Morgan fingerprint density at radius 3 is 2.02 bits per heavy atom. The maximum absolute atomic E-state index is 15.1. The maximum Gasteiger partial charge on any atom is 0.258 e. The smallest absolute Gasteiger partial charge is 0.258 e. The first kappa shape index (κ1) is 32.0. The van der Waals surface area contributed by atoms with E-state index in [4.69, 9.17) is 23.2 Å². The number of fused-ring (bicyclic) bond motifs is 4. The first-order chi connectivity index (χ1) is 22.2. The number of phenols is 1. The average Bonchev–Trinajstić information content (AvgIpc) is 3.39. The topological polar surface area (TPSA) is 95.0 Å². The number of aromatic hydroxyl groups is 1. The molecule has 2 saturated carbocycles. The van der Waals surface area contributed by atoms with Gasteiger partial charge in [-0.3, -0.25) is 24.1 Å².